The third-order valence-electron chi connectivity index (χ3n) is 8.23. The third-order valence-corrected chi connectivity index (χ3v) is 8.23. The Morgan fingerprint density at radius 1 is 1.05 bits per heavy atom. The van der Waals surface area contributed by atoms with Crippen LogP contribution in [0.15, 0.2) is 58.9 Å². The molecule has 1 heterocycles. The van der Waals surface area contributed by atoms with E-state index >= 15 is 0 Å². The van der Waals surface area contributed by atoms with E-state index in [1.807, 2.05) is 13.8 Å². The minimum Gasteiger partial charge on any atom is -0.504 e. The van der Waals surface area contributed by atoms with Gasteiger partial charge < -0.3 is 25.2 Å². The monoisotopic (exact) mass is 572 g/mol. The highest BCUT2D eigenvalue weighted by atomic mass is 16.5. The van der Waals surface area contributed by atoms with E-state index in [0.717, 1.165) is 12.0 Å². The number of allylic oxidation sites excluding steroid dienone is 6. The van der Waals surface area contributed by atoms with E-state index in [4.69, 9.17) is 4.74 Å². The fourth-order valence-corrected chi connectivity index (χ4v) is 5.38. The Labute approximate surface area is 244 Å². The van der Waals surface area contributed by atoms with Crippen LogP contribution in [0, 0.1) is 23.7 Å². The quantitative estimate of drug-likeness (QED) is 0.262. The van der Waals surface area contributed by atoms with Crippen molar-refractivity contribution >= 4 is 17.5 Å². The summed E-state index contributed by atoms with van der Waals surface area (Å²) in [5.41, 5.74) is 1.80. The molecule has 0 bridgehead atoms. The van der Waals surface area contributed by atoms with Crippen LogP contribution in [0.2, 0.25) is 0 Å². The number of fused-ring (bicyclic) bond motifs is 1. The molecule has 0 saturated heterocycles. The number of Topliss-reactive ketones (excluding diaryl/α,β-unsaturated/α-hetero) is 2. The number of aliphatic hydroxyl groups is 4. The first kappa shape index (κ1) is 34.4. The number of ketones is 2. The molecule has 0 unspecified atom stereocenters. The lowest BCUT2D eigenvalue weighted by atomic mass is 9.84. The Balaban J connectivity index is 2.40. The maximum Gasteiger partial charge on any atom is 0.309 e. The Kier molecular flexibility index (Phi) is 13.4. The highest BCUT2D eigenvalue weighted by Crippen LogP contribution is 2.36. The van der Waals surface area contributed by atoms with Gasteiger partial charge in [-0.2, -0.15) is 0 Å². The Morgan fingerprint density at radius 2 is 1.73 bits per heavy atom. The molecule has 228 valence electrons. The van der Waals surface area contributed by atoms with Crippen molar-refractivity contribution in [3.8, 4) is 0 Å². The van der Waals surface area contributed by atoms with E-state index in [-0.39, 0.29) is 30.3 Å². The molecule has 1 aliphatic carbocycles. The minimum atomic E-state index is -1.09. The van der Waals surface area contributed by atoms with Crippen molar-refractivity contribution in [2.75, 3.05) is 0 Å². The number of carbonyl (C=O) groups is 3. The number of rotatable bonds is 6. The van der Waals surface area contributed by atoms with Crippen LogP contribution in [-0.4, -0.2) is 62.4 Å². The first-order chi connectivity index (χ1) is 19.3. The zero-order valence-corrected chi connectivity index (χ0v) is 25.2. The van der Waals surface area contributed by atoms with E-state index in [9.17, 15) is 34.8 Å². The summed E-state index contributed by atoms with van der Waals surface area (Å²) in [5, 5.41) is 42.8. The second-order valence-corrected chi connectivity index (χ2v) is 11.7. The third kappa shape index (κ3) is 9.90. The summed E-state index contributed by atoms with van der Waals surface area (Å²) in [7, 11) is 0. The van der Waals surface area contributed by atoms with Crippen molar-refractivity contribution in [2.24, 2.45) is 23.7 Å². The lowest BCUT2D eigenvalue weighted by Gasteiger charge is -2.32. The second kappa shape index (κ2) is 16.0. The van der Waals surface area contributed by atoms with Gasteiger partial charge in [0, 0.05) is 31.1 Å². The highest BCUT2D eigenvalue weighted by Gasteiger charge is 2.37. The summed E-state index contributed by atoms with van der Waals surface area (Å²) >= 11 is 0. The van der Waals surface area contributed by atoms with Crippen LogP contribution in [0.5, 0.6) is 0 Å². The van der Waals surface area contributed by atoms with Gasteiger partial charge >= 0.3 is 5.97 Å². The molecule has 0 saturated carbocycles. The standard InChI is InChI=1S/C33H48O8/c1-7-8-24(34)12-10-21(4)33-23(6)29(37)18-25(35)13-15-27-26(22(5)31(39)32(27)40)14-9-19(2)17-28(36)20(3)11-16-30(38)41-33/h9,11,13-15,17,21,23,25-29,33,35-37,39H,7-8,10,12,16,18H2,1-6H3/b14-9+,15-13-,19-17+,20-11+/t21-,23+,25-,26-,27+,28+,29-,33+/m0/s1. The van der Waals surface area contributed by atoms with Gasteiger partial charge in [0.15, 0.2) is 5.76 Å². The molecule has 8 heteroatoms. The molecule has 8 nitrogen and oxygen atoms in total. The van der Waals surface area contributed by atoms with Gasteiger partial charge in [-0.25, -0.2) is 0 Å². The summed E-state index contributed by atoms with van der Waals surface area (Å²) in [6, 6.07) is 0. The lowest BCUT2D eigenvalue weighted by Crippen LogP contribution is -2.39. The average Bonchev–Trinajstić information content (AvgIpc) is 3.12. The van der Waals surface area contributed by atoms with Gasteiger partial charge in [-0.1, -0.05) is 56.7 Å². The van der Waals surface area contributed by atoms with Crippen molar-refractivity contribution in [1.29, 1.82) is 0 Å². The molecule has 0 amide bonds. The Hall–Kier alpha value is -2.81. The predicted octanol–water partition coefficient (Wildman–Crippen LogP) is 4.85. The number of ether oxygens (including phenoxy) is 1. The number of hydrogen-bond acceptors (Lipinski definition) is 8. The van der Waals surface area contributed by atoms with E-state index in [1.54, 1.807) is 58.1 Å². The number of esters is 1. The summed E-state index contributed by atoms with van der Waals surface area (Å²) in [6.07, 6.45) is 7.95. The van der Waals surface area contributed by atoms with E-state index in [0.29, 0.717) is 30.4 Å². The molecule has 0 aromatic carbocycles. The van der Waals surface area contributed by atoms with Gasteiger partial charge in [0.05, 0.1) is 30.7 Å². The van der Waals surface area contributed by atoms with E-state index in [2.05, 4.69) is 0 Å². The summed E-state index contributed by atoms with van der Waals surface area (Å²) in [6.45, 7) is 10.8. The zero-order chi connectivity index (χ0) is 30.9. The van der Waals surface area contributed by atoms with Gasteiger partial charge in [-0.05, 0) is 56.8 Å². The number of aliphatic hydroxyl groups excluding tert-OH is 4. The summed E-state index contributed by atoms with van der Waals surface area (Å²) < 4.78 is 5.85. The van der Waals surface area contributed by atoms with Crippen molar-refractivity contribution in [2.45, 2.75) is 104 Å². The van der Waals surface area contributed by atoms with Crippen LogP contribution in [0.4, 0.5) is 0 Å². The predicted molar refractivity (Wildman–Crippen MR) is 158 cm³/mol. The molecule has 0 spiro atoms. The molecule has 8 atom stereocenters. The SMILES string of the molecule is CCCC(=O)CC[C@H](C)[C@H]1OC(=O)C/C=C(\C)[C@H](O)/C=C(C)/C=C/[C@H]2C(C)=C(O)C(=O)[C@@H]2/C=C\[C@H](O)C[C@H](O)[C@H]1C. The molecular formula is C33H48O8. The zero-order valence-electron chi connectivity index (χ0n) is 25.2. The van der Waals surface area contributed by atoms with E-state index < -0.39 is 53.9 Å². The lowest BCUT2D eigenvalue weighted by molar-refractivity contribution is -0.157. The van der Waals surface area contributed by atoms with Crippen LogP contribution in [-0.2, 0) is 19.1 Å². The fraction of sp³-hybridized carbons (Fsp3) is 0.606. The highest BCUT2D eigenvalue weighted by molar-refractivity contribution is 6.00. The van der Waals surface area contributed by atoms with Gasteiger partial charge in [-0.15, -0.1) is 0 Å². The smallest absolute Gasteiger partial charge is 0.309 e. The first-order valence-electron chi connectivity index (χ1n) is 14.7. The summed E-state index contributed by atoms with van der Waals surface area (Å²) in [5.74, 6) is -3.05. The van der Waals surface area contributed by atoms with Crippen molar-refractivity contribution in [3.05, 3.63) is 58.9 Å². The molecule has 0 fully saturated rings. The van der Waals surface area contributed by atoms with Gasteiger partial charge in [-0.3, -0.25) is 14.4 Å². The van der Waals surface area contributed by atoms with Gasteiger partial charge in [0.1, 0.15) is 11.9 Å². The number of cyclic esters (lactones) is 1. The second-order valence-electron chi connectivity index (χ2n) is 11.7. The molecule has 4 N–H and O–H groups in total. The Bertz CT molecular complexity index is 1090. The maximum absolute atomic E-state index is 12.9. The van der Waals surface area contributed by atoms with Crippen LogP contribution in [0.25, 0.3) is 0 Å². The topological polar surface area (TPSA) is 141 Å². The maximum atomic E-state index is 12.9. The first-order valence-corrected chi connectivity index (χ1v) is 14.7. The number of carbonyl (C=O) groups excluding carboxylic acids is 3. The fourth-order valence-electron chi connectivity index (χ4n) is 5.38. The van der Waals surface area contributed by atoms with Crippen molar-refractivity contribution in [1.82, 2.24) is 0 Å². The normalized spacial score (nSPS) is 35.5. The van der Waals surface area contributed by atoms with Gasteiger partial charge in [0.25, 0.3) is 0 Å². The molecule has 41 heavy (non-hydrogen) atoms. The average molecular weight is 573 g/mol. The van der Waals surface area contributed by atoms with Crippen molar-refractivity contribution < 1.29 is 39.5 Å². The van der Waals surface area contributed by atoms with Crippen molar-refractivity contribution in [3.63, 3.8) is 0 Å². The molecular weight excluding hydrogens is 524 g/mol. The minimum absolute atomic E-state index is 0.0555. The van der Waals surface area contributed by atoms with Gasteiger partial charge in [0.2, 0.25) is 5.78 Å². The molecule has 2 rings (SSSR count). The molecule has 1 aliphatic heterocycles. The van der Waals surface area contributed by atoms with Crippen LogP contribution < -0.4 is 0 Å². The van der Waals surface area contributed by atoms with Crippen LogP contribution in [0.1, 0.15) is 80.1 Å². The molecule has 0 aromatic rings. The van der Waals surface area contributed by atoms with E-state index in [1.165, 1.54) is 6.08 Å². The molecule has 2 aliphatic rings. The molecule has 0 radical (unpaired) electrons. The van der Waals surface area contributed by atoms with Crippen LogP contribution >= 0.6 is 0 Å². The largest absolute Gasteiger partial charge is 0.504 e. The Morgan fingerprint density at radius 3 is 2.39 bits per heavy atom. The van der Waals surface area contributed by atoms with Crippen LogP contribution in [0.3, 0.4) is 0 Å². The molecule has 0 aromatic heterocycles. The summed E-state index contributed by atoms with van der Waals surface area (Å²) in [4.78, 5) is 37.8. The number of hydrogen-bond donors (Lipinski definition) is 4.